The van der Waals surface area contributed by atoms with Crippen LogP contribution in [0.2, 0.25) is 0 Å². The minimum atomic E-state index is -2.94. The lowest BCUT2D eigenvalue weighted by Crippen LogP contribution is -2.31. The maximum atomic E-state index is 9.12. The summed E-state index contributed by atoms with van der Waals surface area (Å²) in [5, 5.41) is 36.4. The average Bonchev–Trinajstić information content (AvgIpc) is 2.73. The van der Waals surface area contributed by atoms with Crippen molar-refractivity contribution in [3.05, 3.63) is 69.9 Å². The maximum absolute atomic E-state index is 9.12. The van der Waals surface area contributed by atoms with E-state index in [9.17, 15) is 0 Å². The van der Waals surface area contributed by atoms with Crippen LogP contribution in [0, 0.1) is 0 Å². The van der Waals surface area contributed by atoms with Gasteiger partial charge in [-0.05, 0) is 106 Å². The molecule has 194 valence electrons. The Morgan fingerprint density at radius 1 is 0.500 bits per heavy atom. The molecule has 0 saturated carbocycles. The fourth-order valence-corrected chi connectivity index (χ4v) is 3.53. The highest BCUT2D eigenvalue weighted by Gasteiger charge is 2.23. The van der Waals surface area contributed by atoms with E-state index in [0.29, 0.717) is 6.42 Å². The first-order valence-electron chi connectivity index (χ1n) is 12.7. The van der Waals surface area contributed by atoms with Crippen LogP contribution in [0.5, 0.6) is 0 Å². The van der Waals surface area contributed by atoms with Crippen molar-refractivity contribution in [1.29, 1.82) is 0 Å². The largest absolute Gasteiger partial charge is 0.392 e. The molecule has 0 unspecified atom stereocenters. The smallest absolute Gasteiger partial charge is 0.302 e. The molecule has 0 heterocycles. The van der Waals surface area contributed by atoms with Crippen molar-refractivity contribution in [1.82, 2.24) is 0 Å². The lowest BCUT2D eigenvalue weighted by Gasteiger charge is -2.16. The van der Waals surface area contributed by atoms with Crippen molar-refractivity contribution < 1.29 is 20.4 Å². The predicted octanol–water partition coefficient (Wildman–Crippen LogP) is 7.19. The van der Waals surface area contributed by atoms with Crippen LogP contribution < -0.4 is 0 Å². The molecule has 0 fully saturated rings. The van der Waals surface area contributed by atoms with E-state index in [4.69, 9.17) is 20.4 Å². The summed E-state index contributed by atoms with van der Waals surface area (Å²) in [5.41, 5.74) is 6.77. The summed E-state index contributed by atoms with van der Waals surface area (Å²) in [5.74, 6) is -2.94. The maximum Gasteiger partial charge on any atom is 0.302 e. The monoisotopic (exact) mass is 474 g/mol. The molecule has 4 N–H and O–H groups in total. The van der Waals surface area contributed by atoms with Gasteiger partial charge in [0.15, 0.2) is 0 Å². The lowest BCUT2D eigenvalue weighted by atomic mass is 10.0. The molecular formula is C30H50O4. The molecule has 0 amide bonds. The zero-order valence-electron chi connectivity index (χ0n) is 22.5. The first kappa shape index (κ1) is 32.3. The number of rotatable bonds is 17. The molecule has 4 nitrogen and oxygen atoms in total. The van der Waals surface area contributed by atoms with Crippen LogP contribution in [-0.2, 0) is 0 Å². The molecule has 0 aliphatic rings. The number of allylic oxidation sites excluding steroid dienone is 11. The molecule has 0 radical (unpaired) electrons. The second kappa shape index (κ2) is 18.6. The summed E-state index contributed by atoms with van der Waals surface area (Å²) in [6.45, 7) is 12.4. The van der Waals surface area contributed by atoms with Crippen LogP contribution in [0.4, 0.5) is 0 Å². The van der Waals surface area contributed by atoms with Crippen LogP contribution in [0.1, 0.15) is 106 Å². The molecule has 0 atom stereocenters. The quantitative estimate of drug-likeness (QED) is 0.102. The van der Waals surface area contributed by atoms with Gasteiger partial charge in [-0.3, -0.25) is 0 Å². The third kappa shape index (κ3) is 18.7. The predicted molar refractivity (Wildman–Crippen MR) is 145 cm³/mol. The number of aliphatic hydroxyl groups is 4. The van der Waals surface area contributed by atoms with E-state index in [1.54, 1.807) is 0 Å². The van der Waals surface area contributed by atoms with Crippen LogP contribution in [0.15, 0.2) is 69.9 Å². The zero-order valence-corrected chi connectivity index (χ0v) is 22.5. The SMILES string of the molecule is CC(C)=CCC/C(C)=C/CC/C(C)=C/CC/C=C(\C)CC/C=C(\C)CC/C=C(\CO)C(O)(O)O. The Hall–Kier alpha value is -1.72. The minimum absolute atomic E-state index is 0.190. The van der Waals surface area contributed by atoms with Gasteiger partial charge >= 0.3 is 5.97 Å². The van der Waals surface area contributed by atoms with Gasteiger partial charge in [-0.2, -0.15) is 0 Å². The highest BCUT2D eigenvalue weighted by atomic mass is 16.7. The number of unbranched alkanes of at least 4 members (excludes halogenated alkanes) is 1. The Balaban J connectivity index is 4.20. The van der Waals surface area contributed by atoms with E-state index in [1.165, 1.54) is 33.9 Å². The molecule has 0 aromatic heterocycles. The van der Waals surface area contributed by atoms with E-state index < -0.39 is 12.6 Å². The van der Waals surface area contributed by atoms with Gasteiger partial charge in [0.2, 0.25) is 0 Å². The Morgan fingerprint density at radius 2 is 0.824 bits per heavy atom. The normalized spacial score (nSPS) is 14.6. The Morgan fingerprint density at radius 3 is 1.15 bits per heavy atom. The fraction of sp³-hybridized carbons (Fsp3) is 0.600. The summed E-state index contributed by atoms with van der Waals surface area (Å²) in [7, 11) is 0. The molecule has 0 spiro atoms. The van der Waals surface area contributed by atoms with Crippen molar-refractivity contribution >= 4 is 0 Å². The highest BCUT2D eigenvalue weighted by molar-refractivity contribution is 5.11. The molecule has 4 heteroatoms. The fourth-order valence-electron chi connectivity index (χ4n) is 3.53. The standard InChI is InChI=1S/C30H50O4/c1-24(2)13-9-16-27(5)19-10-17-25(3)14-7-8-15-26(4)18-11-20-28(6)21-12-22-29(23-31)30(32,33)34/h13-15,19-20,22,31-34H,7-12,16-18,21,23H2,1-6H3/b25-14+,26-15+,27-19+,28-20+,29-22+. The van der Waals surface area contributed by atoms with Crippen molar-refractivity contribution in [2.45, 2.75) is 112 Å². The van der Waals surface area contributed by atoms with E-state index in [-0.39, 0.29) is 5.57 Å². The molecule has 0 aromatic carbocycles. The van der Waals surface area contributed by atoms with Gasteiger partial charge < -0.3 is 20.4 Å². The van der Waals surface area contributed by atoms with Crippen LogP contribution >= 0.6 is 0 Å². The van der Waals surface area contributed by atoms with Gasteiger partial charge in [0, 0.05) is 5.57 Å². The van der Waals surface area contributed by atoms with Gasteiger partial charge in [-0.1, -0.05) is 64.3 Å². The minimum Gasteiger partial charge on any atom is -0.392 e. The van der Waals surface area contributed by atoms with E-state index in [2.05, 4.69) is 65.0 Å². The van der Waals surface area contributed by atoms with Crippen molar-refractivity contribution in [3.8, 4) is 0 Å². The third-order valence-corrected chi connectivity index (χ3v) is 5.84. The van der Waals surface area contributed by atoms with Gasteiger partial charge in [-0.15, -0.1) is 0 Å². The molecule has 0 aliphatic heterocycles. The number of aliphatic hydroxyl groups excluding tert-OH is 1. The average molecular weight is 475 g/mol. The summed E-state index contributed by atoms with van der Waals surface area (Å²) in [4.78, 5) is 0. The van der Waals surface area contributed by atoms with Crippen LogP contribution in [0.25, 0.3) is 0 Å². The van der Waals surface area contributed by atoms with E-state index in [0.717, 1.165) is 57.8 Å². The van der Waals surface area contributed by atoms with Gasteiger partial charge in [0.05, 0.1) is 6.61 Å². The van der Waals surface area contributed by atoms with E-state index >= 15 is 0 Å². The zero-order chi connectivity index (χ0) is 26.0. The van der Waals surface area contributed by atoms with Gasteiger partial charge in [-0.25, -0.2) is 0 Å². The molecule has 0 aliphatic carbocycles. The lowest BCUT2D eigenvalue weighted by molar-refractivity contribution is -0.284. The summed E-state index contributed by atoms with van der Waals surface area (Å²) in [6, 6.07) is 0. The van der Waals surface area contributed by atoms with Crippen LogP contribution in [-0.4, -0.2) is 33.0 Å². The van der Waals surface area contributed by atoms with Crippen LogP contribution in [0.3, 0.4) is 0 Å². The summed E-state index contributed by atoms with van der Waals surface area (Å²) < 4.78 is 0. The molecule has 0 rings (SSSR count). The van der Waals surface area contributed by atoms with Gasteiger partial charge in [0.1, 0.15) is 0 Å². The summed E-state index contributed by atoms with van der Waals surface area (Å²) in [6.07, 6.45) is 23.1. The highest BCUT2D eigenvalue weighted by Crippen LogP contribution is 2.16. The molecular weight excluding hydrogens is 424 g/mol. The Kier molecular flexibility index (Phi) is 17.6. The topological polar surface area (TPSA) is 80.9 Å². The second-order valence-corrected chi connectivity index (χ2v) is 9.74. The number of hydrogen-bond acceptors (Lipinski definition) is 4. The first-order chi connectivity index (χ1) is 16.0. The van der Waals surface area contributed by atoms with Crippen molar-refractivity contribution in [2.75, 3.05) is 6.61 Å². The van der Waals surface area contributed by atoms with E-state index in [1.807, 2.05) is 6.92 Å². The molecule has 0 bridgehead atoms. The Labute approximate surface area is 208 Å². The van der Waals surface area contributed by atoms with Gasteiger partial charge in [0.25, 0.3) is 0 Å². The molecule has 0 saturated heterocycles. The Bertz CT molecular complexity index is 751. The summed E-state index contributed by atoms with van der Waals surface area (Å²) >= 11 is 0. The third-order valence-electron chi connectivity index (χ3n) is 5.84. The number of hydrogen-bond donors (Lipinski definition) is 4. The molecule has 34 heavy (non-hydrogen) atoms. The van der Waals surface area contributed by atoms with Crippen molar-refractivity contribution in [2.24, 2.45) is 0 Å². The molecule has 0 aromatic rings. The van der Waals surface area contributed by atoms with Crippen molar-refractivity contribution in [3.63, 3.8) is 0 Å². The second-order valence-electron chi connectivity index (χ2n) is 9.74. The first-order valence-corrected chi connectivity index (χ1v) is 12.7.